The topological polar surface area (TPSA) is 87.7 Å². The number of fused-ring (bicyclic) bond motifs is 1. The van der Waals surface area contributed by atoms with E-state index in [1.807, 2.05) is 25.1 Å². The normalized spacial score (nSPS) is 31.6. The van der Waals surface area contributed by atoms with Crippen molar-refractivity contribution in [2.75, 3.05) is 11.9 Å². The Hall–Kier alpha value is -2.38. The first-order chi connectivity index (χ1) is 16.9. The number of hydrogen-bond donors (Lipinski definition) is 2. The van der Waals surface area contributed by atoms with E-state index in [0.29, 0.717) is 17.3 Å². The summed E-state index contributed by atoms with van der Waals surface area (Å²) in [6.45, 7) is 4.43. The predicted molar refractivity (Wildman–Crippen MR) is 134 cm³/mol. The molecule has 4 aliphatic rings. The number of ether oxygens (including phenoxy) is 1. The highest BCUT2D eigenvalue weighted by atomic mass is 35.5. The highest BCUT2D eigenvalue weighted by Crippen LogP contribution is 2.55. The summed E-state index contributed by atoms with van der Waals surface area (Å²) in [5.74, 6) is -2.05. The third kappa shape index (κ3) is 4.16. The molecule has 35 heavy (non-hydrogen) atoms. The van der Waals surface area contributed by atoms with Gasteiger partial charge in [0.2, 0.25) is 17.7 Å². The average Bonchev–Trinajstić information content (AvgIpc) is 3.48. The number of aryl methyl sites for hydroxylation is 1. The molecule has 5 atom stereocenters. The van der Waals surface area contributed by atoms with Gasteiger partial charge in [0.1, 0.15) is 11.6 Å². The zero-order valence-corrected chi connectivity index (χ0v) is 21.1. The molecular formula is C27H34ClN3O4. The Bertz CT molecular complexity index is 1050. The number of amides is 3. The summed E-state index contributed by atoms with van der Waals surface area (Å²) < 4.78 is 6.38. The Labute approximate surface area is 211 Å². The molecule has 188 valence electrons. The molecule has 3 amide bonds. The summed E-state index contributed by atoms with van der Waals surface area (Å²) in [5.41, 5.74) is 0.381. The predicted octanol–water partition coefficient (Wildman–Crippen LogP) is 3.99. The number of halogens is 1. The number of nitrogens with zero attached hydrogens (tertiary/aromatic N) is 1. The zero-order chi connectivity index (χ0) is 24.7. The van der Waals surface area contributed by atoms with Crippen LogP contribution >= 0.6 is 11.6 Å². The van der Waals surface area contributed by atoms with Gasteiger partial charge in [-0.25, -0.2) is 0 Å². The van der Waals surface area contributed by atoms with Gasteiger partial charge in [-0.15, -0.1) is 0 Å². The van der Waals surface area contributed by atoms with Crippen LogP contribution in [0.25, 0.3) is 0 Å². The number of carbonyl (C=O) groups excluding carboxylic acids is 3. The summed E-state index contributed by atoms with van der Waals surface area (Å²) >= 11 is 6.24. The van der Waals surface area contributed by atoms with Crippen LogP contribution in [0.5, 0.6) is 0 Å². The number of carbonyl (C=O) groups is 3. The molecule has 3 heterocycles. The average molecular weight is 500 g/mol. The molecule has 1 saturated carbocycles. The monoisotopic (exact) mass is 499 g/mol. The lowest BCUT2D eigenvalue weighted by Crippen LogP contribution is -2.56. The molecule has 2 bridgehead atoms. The largest absolute Gasteiger partial charge is 0.359 e. The van der Waals surface area contributed by atoms with Gasteiger partial charge in [0.15, 0.2) is 0 Å². The van der Waals surface area contributed by atoms with Crippen molar-refractivity contribution in [2.24, 2.45) is 11.8 Å². The first kappa shape index (κ1) is 24.3. The van der Waals surface area contributed by atoms with Crippen LogP contribution in [0.1, 0.15) is 57.4 Å². The minimum atomic E-state index is -1.11. The van der Waals surface area contributed by atoms with Crippen molar-refractivity contribution in [2.45, 2.75) is 82.6 Å². The second-order valence-corrected chi connectivity index (χ2v) is 10.8. The van der Waals surface area contributed by atoms with Crippen molar-refractivity contribution in [1.82, 2.24) is 10.2 Å². The highest BCUT2D eigenvalue weighted by Gasteiger charge is 2.72. The number of nitrogens with one attached hydrogen (secondary N) is 2. The van der Waals surface area contributed by atoms with Gasteiger partial charge in [-0.3, -0.25) is 14.4 Å². The smallest absolute Gasteiger partial charge is 0.246 e. The summed E-state index contributed by atoms with van der Waals surface area (Å²) in [6.07, 6.45) is 10.2. The van der Waals surface area contributed by atoms with Gasteiger partial charge in [0.05, 0.1) is 17.9 Å². The fourth-order valence-electron chi connectivity index (χ4n) is 6.26. The van der Waals surface area contributed by atoms with Gasteiger partial charge in [-0.1, -0.05) is 62.4 Å². The van der Waals surface area contributed by atoms with E-state index in [9.17, 15) is 14.4 Å². The summed E-state index contributed by atoms with van der Waals surface area (Å²) in [6, 6.07) is 4.71. The lowest BCUT2D eigenvalue weighted by Gasteiger charge is -2.34. The first-order valence-corrected chi connectivity index (χ1v) is 13.3. The van der Waals surface area contributed by atoms with Crippen molar-refractivity contribution < 1.29 is 19.1 Å². The molecule has 3 aliphatic heterocycles. The van der Waals surface area contributed by atoms with E-state index in [1.165, 1.54) is 6.42 Å². The molecule has 1 aliphatic carbocycles. The van der Waals surface area contributed by atoms with Crippen LogP contribution in [0.2, 0.25) is 5.02 Å². The Kier molecular flexibility index (Phi) is 6.66. The van der Waals surface area contributed by atoms with Crippen molar-refractivity contribution in [3.05, 3.63) is 40.9 Å². The molecule has 1 aromatic rings. The highest BCUT2D eigenvalue weighted by molar-refractivity contribution is 6.31. The second kappa shape index (κ2) is 9.58. The third-order valence-corrected chi connectivity index (χ3v) is 8.48. The number of likely N-dealkylation sites (tertiary alicyclic amines) is 1. The summed E-state index contributed by atoms with van der Waals surface area (Å²) in [7, 11) is 0. The van der Waals surface area contributed by atoms with E-state index in [2.05, 4.69) is 17.6 Å². The van der Waals surface area contributed by atoms with Gasteiger partial charge < -0.3 is 20.3 Å². The van der Waals surface area contributed by atoms with E-state index < -0.39 is 29.6 Å². The molecule has 1 spiro atoms. The standard InChI is InChI=1S/C27H34ClN3O4/c1-3-4-14-31-23(25(33)29-17-8-6-5-7-9-17)27-13-12-20(35-27)21(22(27)26(31)34)24(32)30-18-11-10-16(2)19(28)15-18/h10-13,15,17,20-23H,3-9,14H2,1-2H3,(H,29,33)(H,30,32)/t20-,21-,22-,23+,27-/m0/s1. The number of benzene rings is 1. The molecule has 7 nitrogen and oxygen atoms in total. The van der Waals surface area contributed by atoms with Crippen LogP contribution in [0.15, 0.2) is 30.4 Å². The maximum atomic E-state index is 13.8. The zero-order valence-electron chi connectivity index (χ0n) is 20.4. The maximum absolute atomic E-state index is 13.8. The molecule has 8 heteroatoms. The molecule has 2 saturated heterocycles. The van der Waals surface area contributed by atoms with Crippen molar-refractivity contribution in [1.29, 1.82) is 0 Å². The van der Waals surface area contributed by atoms with Crippen LogP contribution in [0.4, 0.5) is 5.69 Å². The molecule has 0 unspecified atom stereocenters. The fraction of sp³-hybridized carbons (Fsp3) is 0.593. The van der Waals surface area contributed by atoms with E-state index in [1.54, 1.807) is 17.0 Å². The molecule has 3 fully saturated rings. The molecule has 2 N–H and O–H groups in total. The SMILES string of the molecule is CCCCN1C(=O)[C@@H]2[C@@H](C(=O)Nc3ccc(C)c(Cl)c3)[C@@H]3C=C[C@@]2(O3)[C@H]1C(=O)NC1CCCCC1. The van der Waals surface area contributed by atoms with Gasteiger partial charge in [-0.05, 0) is 43.9 Å². The summed E-state index contributed by atoms with van der Waals surface area (Å²) in [4.78, 5) is 42.6. The van der Waals surface area contributed by atoms with Crippen LogP contribution in [0, 0.1) is 18.8 Å². The van der Waals surface area contributed by atoms with Gasteiger partial charge in [-0.2, -0.15) is 0 Å². The van der Waals surface area contributed by atoms with Crippen LogP contribution in [0.3, 0.4) is 0 Å². The minimum Gasteiger partial charge on any atom is -0.359 e. The third-order valence-electron chi connectivity index (χ3n) is 8.07. The van der Waals surface area contributed by atoms with Crippen LogP contribution < -0.4 is 10.6 Å². The van der Waals surface area contributed by atoms with Gasteiger partial charge in [0.25, 0.3) is 0 Å². The quantitative estimate of drug-likeness (QED) is 0.555. The Morgan fingerprint density at radius 3 is 2.69 bits per heavy atom. The maximum Gasteiger partial charge on any atom is 0.246 e. The van der Waals surface area contributed by atoms with Crippen molar-refractivity contribution in [3.8, 4) is 0 Å². The van der Waals surface area contributed by atoms with Gasteiger partial charge in [0, 0.05) is 23.3 Å². The number of rotatable bonds is 7. The summed E-state index contributed by atoms with van der Waals surface area (Å²) in [5, 5.41) is 6.70. The number of unbranched alkanes of at least 4 members (excludes halogenated alkanes) is 1. The Balaban J connectivity index is 1.42. The van der Waals surface area contributed by atoms with Crippen molar-refractivity contribution in [3.63, 3.8) is 0 Å². The Morgan fingerprint density at radius 1 is 1.20 bits per heavy atom. The van der Waals surface area contributed by atoms with E-state index in [0.717, 1.165) is 44.1 Å². The molecule has 5 rings (SSSR count). The first-order valence-electron chi connectivity index (χ1n) is 12.9. The Morgan fingerprint density at radius 2 is 1.97 bits per heavy atom. The van der Waals surface area contributed by atoms with Crippen LogP contribution in [-0.2, 0) is 19.1 Å². The van der Waals surface area contributed by atoms with Gasteiger partial charge >= 0.3 is 0 Å². The van der Waals surface area contributed by atoms with E-state index in [-0.39, 0.29) is 23.8 Å². The second-order valence-electron chi connectivity index (χ2n) is 10.4. The van der Waals surface area contributed by atoms with Crippen LogP contribution in [-0.4, -0.2) is 53.0 Å². The number of hydrogen-bond acceptors (Lipinski definition) is 4. The van der Waals surface area contributed by atoms with E-state index >= 15 is 0 Å². The number of anilines is 1. The molecule has 0 aromatic heterocycles. The minimum absolute atomic E-state index is 0.128. The van der Waals surface area contributed by atoms with E-state index in [4.69, 9.17) is 16.3 Å². The lowest BCUT2D eigenvalue weighted by molar-refractivity contribution is -0.141. The van der Waals surface area contributed by atoms with Crippen molar-refractivity contribution >= 4 is 35.0 Å². The lowest BCUT2D eigenvalue weighted by atomic mass is 9.74. The fourth-order valence-corrected chi connectivity index (χ4v) is 6.44. The molecule has 0 radical (unpaired) electrons. The molecular weight excluding hydrogens is 466 g/mol. The molecule has 1 aromatic carbocycles.